The summed E-state index contributed by atoms with van der Waals surface area (Å²) >= 11 is 0. The second-order valence-electron chi connectivity index (χ2n) is 2.48. The van der Waals surface area contributed by atoms with Crippen molar-refractivity contribution in [2.24, 2.45) is 0 Å². The molecule has 0 saturated heterocycles. The van der Waals surface area contributed by atoms with Crippen LogP contribution < -0.4 is 5.32 Å². The van der Waals surface area contributed by atoms with Crippen molar-refractivity contribution in [3.8, 4) is 0 Å². The molecule has 1 N–H and O–H groups in total. The number of hydrogen-bond donors (Lipinski definition) is 1. The summed E-state index contributed by atoms with van der Waals surface area (Å²) in [6.07, 6.45) is 0. The fourth-order valence-electron chi connectivity index (χ4n) is 1.04. The van der Waals surface area contributed by atoms with Gasteiger partial charge >= 0.3 is 0 Å². The number of fused-ring (bicyclic) bond motifs is 1. The van der Waals surface area contributed by atoms with E-state index in [1.54, 1.807) is 7.05 Å². The summed E-state index contributed by atoms with van der Waals surface area (Å²) in [4.78, 5) is 3.85. The molecule has 0 aliphatic rings. The smallest absolute Gasteiger partial charge is 0.295 e. The second-order valence-corrected chi connectivity index (χ2v) is 2.48. The highest BCUT2D eigenvalue weighted by molar-refractivity contribution is 5.75. The van der Waals surface area contributed by atoms with Crippen molar-refractivity contribution >= 4 is 17.1 Å². The number of nitrogens with zero attached hydrogens (tertiary/aromatic N) is 1. The minimum Gasteiger partial charge on any atom is -0.420 e. The van der Waals surface area contributed by atoms with Gasteiger partial charge in [-0.05, 0) is 12.1 Å². The average molecular weight is 184 g/mol. The van der Waals surface area contributed by atoms with Crippen molar-refractivity contribution in [1.29, 1.82) is 0 Å². The zero-order chi connectivity index (χ0) is 9.42. The number of hydrogen-bond acceptors (Lipinski definition) is 3. The van der Waals surface area contributed by atoms with Gasteiger partial charge in [-0.2, -0.15) is 9.37 Å². The van der Waals surface area contributed by atoms with Crippen LogP contribution in [-0.2, 0) is 0 Å². The van der Waals surface area contributed by atoms with Crippen LogP contribution in [0, 0.1) is 11.6 Å². The minimum absolute atomic E-state index is 0.163. The first-order valence-corrected chi connectivity index (χ1v) is 3.64. The molecular weight excluding hydrogens is 178 g/mol. The Hall–Kier alpha value is -1.65. The number of halogens is 2. The summed E-state index contributed by atoms with van der Waals surface area (Å²) in [7, 11) is 1.58. The Morgan fingerprint density at radius 3 is 2.85 bits per heavy atom. The van der Waals surface area contributed by atoms with Crippen molar-refractivity contribution in [1.82, 2.24) is 4.98 Å². The largest absolute Gasteiger partial charge is 0.420 e. The maximum Gasteiger partial charge on any atom is 0.295 e. The van der Waals surface area contributed by atoms with Gasteiger partial charge in [0.05, 0.1) is 0 Å². The number of benzene rings is 1. The number of nitrogens with one attached hydrogen (secondary N) is 1. The molecule has 0 radical (unpaired) electrons. The molecule has 0 spiro atoms. The van der Waals surface area contributed by atoms with Crippen molar-refractivity contribution in [2.75, 3.05) is 12.4 Å². The van der Waals surface area contributed by atoms with E-state index in [2.05, 4.69) is 10.3 Å². The molecule has 1 aromatic carbocycles. The summed E-state index contributed by atoms with van der Waals surface area (Å²) in [5, 5.41) is 2.60. The summed E-state index contributed by atoms with van der Waals surface area (Å²) < 4.78 is 30.6. The number of oxazole rings is 1. The van der Waals surface area contributed by atoms with Crippen LogP contribution in [-0.4, -0.2) is 12.0 Å². The molecule has 0 amide bonds. The van der Waals surface area contributed by atoms with Crippen LogP contribution in [0.2, 0.25) is 0 Å². The van der Waals surface area contributed by atoms with Crippen molar-refractivity contribution < 1.29 is 13.2 Å². The van der Waals surface area contributed by atoms with Crippen molar-refractivity contribution in [2.45, 2.75) is 0 Å². The van der Waals surface area contributed by atoms with E-state index in [0.717, 1.165) is 6.07 Å². The zero-order valence-corrected chi connectivity index (χ0v) is 6.77. The molecule has 5 heteroatoms. The van der Waals surface area contributed by atoms with Gasteiger partial charge in [0.1, 0.15) is 5.52 Å². The molecule has 0 unspecified atom stereocenters. The number of anilines is 1. The third-order valence-corrected chi connectivity index (χ3v) is 1.66. The quantitative estimate of drug-likeness (QED) is 0.737. The second kappa shape index (κ2) is 2.69. The van der Waals surface area contributed by atoms with Crippen LogP contribution in [0.3, 0.4) is 0 Å². The van der Waals surface area contributed by atoms with Crippen LogP contribution in [0.4, 0.5) is 14.8 Å². The number of rotatable bonds is 1. The fourth-order valence-corrected chi connectivity index (χ4v) is 1.04. The van der Waals surface area contributed by atoms with Gasteiger partial charge in [0, 0.05) is 7.05 Å². The summed E-state index contributed by atoms with van der Waals surface area (Å²) in [5.74, 6) is -1.95. The molecule has 0 bridgehead atoms. The highest BCUT2D eigenvalue weighted by Crippen LogP contribution is 2.22. The van der Waals surface area contributed by atoms with Gasteiger partial charge in [0.2, 0.25) is 5.82 Å². The van der Waals surface area contributed by atoms with Crippen LogP contribution >= 0.6 is 0 Å². The standard InChI is InChI=1S/C8H6F2N2O/c1-11-8-12-5-3-2-4(9)6(10)7(5)13-8/h2-3H,1H3,(H,11,12). The maximum absolute atomic E-state index is 13.0. The van der Waals surface area contributed by atoms with E-state index in [1.165, 1.54) is 6.07 Å². The van der Waals surface area contributed by atoms with Gasteiger partial charge < -0.3 is 9.73 Å². The van der Waals surface area contributed by atoms with E-state index in [9.17, 15) is 8.78 Å². The Bertz CT molecular complexity index is 453. The SMILES string of the molecule is CNc1nc2ccc(F)c(F)c2o1. The van der Waals surface area contributed by atoms with Gasteiger partial charge in [0.25, 0.3) is 6.01 Å². The van der Waals surface area contributed by atoms with E-state index in [4.69, 9.17) is 4.42 Å². The Balaban J connectivity index is 2.76. The molecule has 2 aromatic rings. The molecule has 13 heavy (non-hydrogen) atoms. The van der Waals surface area contributed by atoms with E-state index in [-0.39, 0.29) is 11.6 Å². The molecule has 0 fully saturated rings. The van der Waals surface area contributed by atoms with Gasteiger partial charge in [-0.3, -0.25) is 0 Å². The third-order valence-electron chi connectivity index (χ3n) is 1.66. The lowest BCUT2D eigenvalue weighted by molar-refractivity contribution is 0.494. The molecule has 0 atom stereocenters. The van der Waals surface area contributed by atoms with Crippen LogP contribution in [0.15, 0.2) is 16.5 Å². The van der Waals surface area contributed by atoms with E-state index >= 15 is 0 Å². The fraction of sp³-hybridized carbons (Fsp3) is 0.125. The van der Waals surface area contributed by atoms with Crippen LogP contribution in [0.5, 0.6) is 0 Å². The Labute approximate surface area is 72.4 Å². The molecule has 1 aromatic heterocycles. The lowest BCUT2D eigenvalue weighted by Gasteiger charge is -1.90. The molecule has 1 heterocycles. The van der Waals surface area contributed by atoms with Gasteiger partial charge in [-0.25, -0.2) is 4.39 Å². The highest BCUT2D eigenvalue weighted by Gasteiger charge is 2.12. The van der Waals surface area contributed by atoms with E-state index in [0.29, 0.717) is 5.52 Å². The normalized spacial score (nSPS) is 10.7. The number of aromatic nitrogens is 1. The average Bonchev–Trinajstić information content (AvgIpc) is 2.55. The molecule has 2 rings (SSSR count). The first-order chi connectivity index (χ1) is 6.22. The Kier molecular flexibility index (Phi) is 1.65. The lowest BCUT2D eigenvalue weighted by atomic mass is 10.3. The predicted octanol–water partition coefficient (Wildman–Crippen LogP) is 2.15. The molecule has 3 nitrogen and oxygen atoms in total. The van der Waals surface area contributed by atoms with Crippen LogP contribution in [0.25, 0.3) is 11.1 Å². The lowest BCUT2D eigenvalue weighted by Crippen LogP contribution is -1.85. The molecular formula is C8H6F2N2O. The minimum atomic E-state index is -1.01. The monoisotopic (exact) mass is 184 g/mol. The van der Waals surface area contributed by atoms with Gasteiger partial charge in [-0.1, -0.05) is 0 Å². The molecule has 0 saturated carbocycles. The molecule has 0 aliphatic heterocycles. The van der Waals surface area contributed by atoms with E-state index < -0.39 is 11.6 Å². The van der Waals surface area contributed by atoms with Gasteiger partial charge in [0.15, 0.2) is 11.4 Å². The first-order valence-electron chi connectivity index (χ1n) is 3.64. The topological polar surface area (TPSA) is 38.1 Å². The molecule has 68 valence electrons. The maximum atomic E-state index is 13.0. The molecule has 0 aliphatic carbocycles. The third kappa shape index (κ3) is 1.12. The van der Waals surface area contributed by atoms with Gasteiger partial charge in [-0.15, -0.1) is 0 Å². The summed E-state index contributed by atoms with van der Waals surface area (Å²) in [6.45, 7) is 0. The summed E-state index contributed by atoms with van der Waals surface area (Å²) in [5.41, 5.74) is 0.132. The Morgan fingerprint density at radius 2 is 2.15 bits per heavy atom. The van der Waals surface area contributed by atoms with Crippen LogP contribution in [0.1, 0.15) is 0 Å². The van der Waals surface area contributed by atoms with Crippen molar-refractivity contribution in [3.05, 3.63) is 23.8 Å². The zero-order valence-electron chi connectivity index (χ0n) is 6.77. The van der Waals surface area contributed by atoms with Crippen molar-refractivity contribution in [3.63, 3.8) is 0 Å². The Morgan fingerprint density at radius 1 is 1.38 bits per heavy atom. The highest BCUT2D eigenvalue weighted by atomic mass is 19.2. The summed E-state index contributed by atoms with van der Waals surface area (Å²) in [6, 6.07) is 2.54. The van der Waals surface area contributed by atoms with E-state index in [1.807, 2.05) is 0 Å². The predicted molar refractivity (Wildman–Crippen MR) is 43.5 cm³/mol. The first kappa shape index (κ1) is 7.97.